The van der Waals surface area contributed by atoms with Crippen molar-refractivity contribution >= 4 is 23.5 Å². The van der Waals surface area contributed by atoms with E-state index in [-0.39, 0.29) is 16.8 Å². The van der Waals surface area contributed by atoms with Gasteiger partial charge in [0.2, 0.25) is 0 Å². The van der Waals surface area contributed by atoms with Crippen LogP contribution in [-0.2, 0) is 4.74 Å². The van der Waals surface area contributed by atoms with Crippen molar-refractivity contribution < 1.29 is 9.53 Å². The minimum absolute atomic E-state index is 0.0179. The summed E-state index contributed by atoms with van der Waals surface area (Å²) in [7, 11) is 1.61. The zero-order valence-electron chi connectivity index (χ0n) is 12.8. The quantitative estimate of drug-likeness (QED) is 0.814. The number of thioether (sulfide) groups is 1. The molecule has 0 fully saturated rings. The maximum absolute atomic E-state index is 11.7. The molecule has 4 nitrogen and oxygen atoms in total. The molecule has 0 saturated heterocycles. The van der Waals surface area contributed by atoms with Crippen molar-refractivity contribution in [2.24, 2.45) is 0 Å². The van der Waals surface area contributed by atoms with E-state index < -0.39 is 0 Å². The Hall–Kier alpha value is -1.20. The second kappa shape index (κ2) is 7.55. The predicted molar refractivity (Wildman–Crippen MR) is 85.5 cm³/mol. The molecule has 5 heteroatoms. The van der Waals surface area contributed by atoms with Gasteiger partial charge in [0.1, 0.15) is 0 Å². The fourth-order valence-corrected chi connectivity index (χ4v) is 2.62. The molecule has 1 rings (SSSR count). The van der Waals surface area contributed by atoms with Gasteiger partial charge in [-0.15, -0.1) is 11.8 Å². The lowest BCUT2D eigenvalue weighted by Gasteiger charge is -2.18. The molecular formula is C15H24N2O2S. The summed E-state index contributed by atoms with van der Waals surface area (Å²) in [6, 6.07) is 7.62. The van der Waals surface area contributed by atoms with E-state index in [4.69, 9.17) is 4.74 Å². The summed E-state index contributed by atoms with van der Waals surface area (Å²) in [6.07, 6.45) is 0. The molecule has 1 aromatic carbocycles. The zero-order valence-corrected chi connectivity index (χ0v) is 13.6. The van der Waals surface area contributed by atoms with Crippen LogP contribution in [0.5, 0.6) is 0 Å². The molecule has 1 aromatic rings. The molecule has 2 N–H and O–H groups in total. The highest BCUT2D eigenvalue weighted by molar-refractivity contribution is 8.00. The first-order valence-electron chi connectivity index (χ1n) is 6.65. The van der Waals surface area contributed by atoms with Gasteiger partial charge < -0.3 is 15.4 Å². The van der Waals surface area contributed by atoms with Crippen molar-refractivity contribution in [2.75, 3.05) is 19.0 Å². The third-order valence-corrected chi connectivity index (χ3v) is 3.45. The van der Waals surface area contributed by atoms with Crippen molar-refractivity contribution in [1.82, 2.24) is 5.32 Å². The number of carbonyl (C=O) groups is 1. The largest absolute Gasteiger partial charge is 0.383 e. The zero-order chi connectivity index (χ0) is 15.2. The highest BCUT2D eigenvalue weighted by Crippen LogP contribution is 2.32. The van der Waals surface area contributed by atoms with Crippen LogP contribution in [-0.4, -0.2) is 30.5 Å². The molecular weight excluding hydrogens is 272 g/mol. The molecule has 0 aliphatic carbocycles. The van der Waals surface area contributed by atoms with Gasteiger partial charge in [0.15, 0.2) is 0 Å². The van der Waals surface area contributed by atoms with E-state index in [0.717, 1.165) is 5.69 Å². The van der Waals surface area contributed by atoms with Gasteiger partial charge >= 0.3 is 6.03 Å². The van der Waals surface area contributed by atoms with Crippen LogP contribution < -0.4 is 10.6 Å². The lowest BCUT2D eigenvalue weighted by molar-refractivity contribution is 0.173. The second-order valence-electron chi connectivity index (χ2n) is 5.69. The number of carbonyl (C=O) groups excluding carboxylic acids is 1. The van der Waals surface area contributed by atoms with Crippen molar-refractivity contribution in [3.63, 3.8) is 0 Å². The number of amides is 2. The lowest BCUT2D eigenvalue weighted by Crippen LogP contribution is -2.38. The molecule has 2 amide bonds. The van der Waals surface area contributed by atoms with E-state index >= 15 is 0 Å². The summed E-state index contributed by atoms with van der Waals surface area (Å²) >= 11 is 1.80. The average molecular weight is 296 g/mol. The number of nitrogens with one attached hydrogen (secondary N) is 2. The number of anilines is 1. The Bertz CT molecular complexity index is 426. The van der Waals surface area contributed by atoms with E-state index in [9.17, 15) is 4.79 Å². The van der Waals surface area contributed by atoms with Crippen LogP contribution >= 0.6 is 11.8 Å². The summed E-state index contributed by atoms with van der Waals surface area (Å²) in [5.74, 6) is 0. The summed E-state index contributed by atoms with van der Waals surface area (Å²) in [6.45, 7) is 8.91. The average Bonchev–Trinajstić information content (AvgIpc) is 2.30. The number of hydrogen-bond donors (Lipinski definition) is 2. The summed E-state index contributed by atoms with van der Waals surface area (Å²) in [5, 5.41) is 5.61. The number of rotatable bonds is 5. The van der Waals surface area contributed by atoms with Gasteiger partial charge in [-0.05, 0) is 31.2 Å². The van der Waals surface area contributed by atoms with Gasteiger partial charge in [-0.3, -0.25) is 0 Å². The molecule has 0 aliphatic rings. The number of ether oxygens (including phenoxy) is 1. The molecule has 1 unspecified atom stereocenters. The summed E-state index contributed by atoms with van der Waals surface area (Å²) in [5.41, 5.74) is 0.783. The minimum Gasteiger partial charge on any atom is -0.383 e. The molecule has 0 spiro atoms. The number of methoxy groups -OCH3 is 1. The Morgan fingerprint density at radius 1 is 1.30 bits per heavy atom. The molecule has 1 atom stereocenters. The second-order valence-corrected chi connectivity index (χ2v) is 7.59. The fourth-order valence-electron chi connectivity index (χ4n) is 1.64. The fraction of sp³-hybridized carbons (Fsp3) is 0.533. The lowest BCUT2D eigenvalue weighted by atomic mass is 10.3. The molecule has 0 radical (unpaired) electrons. The molecule has 0 saturated carbocycles. The topological polar surface area (TPSA) is 50.4 Å². The maximum Gasteiger partial charge on any atom is 0.319 e. The third-order valence-electron chi connectivity index (χ3n) is 2.33. The predicted octanol–water partition coefficient (Wildman–Crippen LogP) is 3.73. The van der Waals surface area contributed by atoms with Crippen molar-refractivity contribution in [3.8, 4) is 0 Å². The van der Waals surface area contributed by atoms with E-state index in [1.807, 2.05) is 31.2 Å². The maximum atomic E-state index is 11.7. The van der Waals surface area contributed by atoms with Gasteiger partial charge in [0.25, 0.3) is 0 Å². The first-order chi connectivity index (χ1) is 9.30. The highest BCUT2D eigenvalue weighted by atomic mass is 32.2. The molecule has 0 bridgehead atoms. The van der Waals surface area contributed by atoms with Crippen molar-refractivity contribution in [1.29, 1.82) is 0 Å². The van der Waals surface area contributed by atoms with Crippen LogP contribution in [0.4, 0.5) is 10.5 Å². The first kappa shape index (κ1) is 16.9. The Kier molecular flexibility index (Phi) is 6.36. The first-order valence-corrected chi connectivity index (χ1v) is 7.47. The summed E-state index contributed by atoms with van der Waals surface area (Å²) < 4.78 is 5.15. The molecule has 0 heterocycles. The van der Waals surface area contributed by atoms with Crippen LogP contribution in [0.25, 0.3) is 0 Å². The van der Waals surface area contributed by atoms with Gasteiger partial charge in [0.05, 0.1) is 12.6 Å². The third kappa shape index (κ3) is 6.82. The molecule has 0 aromatic heterocycles. The smallest absolute Gasteiger partial charge is 0.319 e. The van der Waals surface area contributed by atoms with E-state index in [0.29, 0.717) is 6.61 Å². The van der Waals surface area contributed by atoms with Gasteiger partial charge in [-0.25, -0.2) is 4.79 Å². The van der Waals surface area contributed by atoms with E-state index in [2.05, 4.69) is 31.4 Å². The monoisotopic (exact) mass is 296 g/mol. The van der Waals surface area contributed by atoms with Crippen molar-refractivity contribution in [2.45, 2.75) is 43.4 Å². The Morgan fingerprint density at radius 2 is 1.90 bits per heavy atom. The Balaban J connectivity index is 2.51. The molecule has 112 valence electrons. The number of benzene rings is 1. The Morgan fingerprint density at radius 3 is 2.40 bits per heavy atom. The number of hydrogen-bond acceptors (Lipinski definition) is 3. The standard InChI is InChI=1S/C15H24N2O2S/c1-11(10-19-5)16-14(18)17-12-6-8-13(9-7-12)20-15(2,3)4/h6-9,11H,10H2,1-5H3,(H2,16,17,18). The minimum atomic E-state index is -0.217. The van der Waals surface area contributed by atoms with Gasteiger partial charge in [-0.2, -0.15) is 0 Å². The highest BCUT2D eigenvalue weighted by Gasteiger charge is 2.12. The van der Waals surface area contributed by atoms with Crippen LogP contribution in [0.15, 0.2) is 29.2 Å². The normalized spacial score (nSPS) is 12.8. The van der Waals surface area contributed by atoms with E-state index in [1.54, 1.807) is 18.9 Å². The van der Waals surface area contributed by atoms with Crippen LogP contribution in [0.1, 0.15) is 27.7 Å². The number of urea groups is 1. The molecule has 0 aliphatic heterocycles. The summed E-state index contributed by atoms with van der Waals surface area (Å²) in [4.78, 5) is 12.9. The van der Waals surface area contributed by atoms with Crippen molar-refractivity contribution in [3.05, 3.63) is 24.3 Å². The Labute approximate surface area is 125 Å². The SMILES string of the molecule is COCC(C)NC(=O)Nc1ccc(SC(C)(C)C)cc1. The van der Waals surface area contributed by atoms with E-state index in [1.165, 1.54) is 4.90 Å². The van der Waals surface area contributed by atoms with Gasteiger partial charge in [-0.1, -0.05) is 20.8 Å². The van der Waals surface area contributed by atoms with Crippen LogP contribution in [0.3, 0.4) is 0 Å². The van der Waals surface area contributed by atoms with Crippen LogP contribution in [0, 0.1) is 0 Å². The van der Waals surface area contributed by atoms with Gasteiger partial charge in [0, 0.05) is 22.4 Å². The molecule has 20 heavy (non-hydrogen) atoms. The van der Waals surface area contributed by atoms with Crippen LogP contribution in [0.2, 0.25) is 0 Å².